The van der Waals surface area contributed by atoms with Gasteiger partial charge in [-0.15, -0.1) is 12.4 Å². The molecule has 0 aliphatic heterocycles. The molecule has 0 atom stereocenters. The molecular weight excluding hydrogens is 336 g/mol. The number of aromatic nitrogens is 2. The third kappa shape index (κ3) is 6.52. The van der Waals surface area contributed by atoms with E-state index in [1.165, 1.54) is 5.56 Å². The number of benzene rings is 1. The highest BCUT2D eigenvalue weighted by Crippen LogP contribution is 2.13. The van der Waals surface area contributed by atoms with E-state index in [-0.39, 0.29) is 18.3 Å². The highest BCUT2D eigenvalue weighted by atomic mass is 35.5. The molecule has 0 unspecified atom stereocenters. The Bertz CT molecular complexity index is 628. The van der Waals surface area contributed by atoms with Gasteiger partial charge in [-0.05, 0) is 24.9 Å². The van der Waals surface area contributed by atoms with Gasteiger partial charge < -0.3 is 10.6 Å². The number of nitrogens with one attached hydrogen (secondary N) is 2. The molecule has 0 bridgehead atoms. The maximum absolute atomic E-state index is 12.4. The first-order valence-corrected chi connectivity index (χ1v) is 8.83. The molecule has 2 rings (SSSR count). The molecular formula is C19H29ClN4O. The SMILES string of the molecule is CCCNCCNC(=O)c1cnn(Cc2ccccc2)c1CCC.Cl. The fourth-order valence-corrected chi connectivity index (χ4v) is 2.65. The Morgan fingerprint density at radius 3 is 2.52 bits per heavy atom. The zero-order chi connectivity index (χ0) is 17.2. The molecule has 2 N–H and O–H groups in total. The molecule has 138 valence electrons. The van der Waals surface area contributed by atoms with Crippen molar-refractivity contribution in [3.05, 3.63) is 53.3 Å². The molecule has 0 saturated heterocycles. The Balaban J connectivity index is 0.00000312. The molecule has 0 aliphatic rings. The van der Waals surface area contributed by atoms with Crippen molar-refractivity contribution in [2.24, 2.45) is 0 Å². The average Bonchev–Trinajstić information content (AvgIpc) is 2.98. The van der Waals surface area contributed by atoms with Gasteiger partial charge in [0, 0.05) is 13.1 Å². The van der Waals surface area contributed by atoms with Crippen LogP contribution in [0.4, 0.5) is 0 Å². The van der Waals surface area contributed by atoms with Gasteiger partial charge in [-0.2, -0.15) is 5.10 Å². The van der Waals surface area contributed by atoms with E-state index in [4.69, 9.17) is 0 Å². The Morgan fingerprint density at radius 1 is 1.08 bits per heavy atom. The van der Waals surface area contributed by atoms with Crippen molar-refractivity contribution in [2.45, 2.75) is 39.7 Å². The molecule has 1 heterocycles. The second-order valence-electron chi connectivity index (χ2n) is 5.90. The van der Waals surface area contributed by atoms with E-state index in [2.05, 4.69) is 41.7 Å². The summed E-state index contributed by atoms with van der Waals surface area (Å²) in [6.07, 6.45) is 4.63. The first-order chi connectivity index (χ1) is 11.8. The molecule has 5 nitrogen and oxygen atoms in total. The topological polar surface area (TPSA) is 58.9 Å². The standard InChI is InChI=1S/C19H28N4O.ClH/c1-3-8-18-17(19(24)21-13-12-20-11-4-2)14-22-23(18)15-16-9-6-5-7-10-16;/h5-7,9-10,14,20H,3-4,8,11-13,15H2,1-2H3,(H,21,24);1H. The first kappa shape index (κ1) is 21.2. The molecule has 0 saturated carbocycles. The van der Waals surface area contributed by atoms with Crippen LogP contribution in [0.25, 0.3) is 0 Å². The Hall–Kier alpha value is -1.85. The minimum absolute atomic E-state index is 0. The average molecular weight is 365 g/mol. The van der Waals surface area contributed by atoms with Crippen molar-refractivity contribution in [3.63, 3.8) is 0 Å². The molecule has 1 aromatic heterocycles. The van der Waals surface area contributed by atoms with Crippen molar-refractivity contribution in [2.75, 3.05) is 19.6 Å². The van der Waals surface area contributed by atoms with E-state index in [1.54, 1.807) is 6.20 Å². The Labute approximate surface area is 156 Å². The Kier molecular flexibility index (Phi) is 9.88. The third-order valence-electron chi connectivity index (χ3n) is 3.87. The minimum atomic E-state index is -0.0314. The molecule has 0 aliphatic carbocycles. The summed E-state index contributed by atoms with van der Waals surface area (Å²) in [6.45, 7) is 7.35. The number of hydrogen-bond acceptors (Lipinski definition) is 3. The van der Waals surface area contributed by atoms with Gasteiger partial charge >= 0.3 is 0 Å². The van der Waals surface area contributed by atoms with Crippen LogP contribution >= 0.6 is 12.4 Å². The van der Waals surface area contributed by atoms with Crippen LogP contribution in [-0.4, -0.2) is 35.3 Å². The van der Waals surface area contributed by atoms with Crippen molar-refractivity contribution in [1.29, 1.82) is 0 Å². The molecule has 6 heteroatoms. The lowest BCUT2D eigenvalue weighted by atomic mass is 10.1. The van der Waals surface area contributed by atoms with E-state index >= 15 is 0 Å². The summed E-state index contributed by atoms with van der Waals surface area (Å²) in [5, 5.41) is 10.7. The van der Waals surface area contributed by atoms with Crippen LogP contribution in [0.3, 0.4) is 0 Å². The first-order valence-electron chi connectivity index (χ1n) is 8.83. The molecule has 0 radical (unpaired) electrons. The predicted octanol–water partition coefficient (Wildman–Crippen LogP) is 3.04. The summed E-state index contributed by atoms with van der Waals surface area (Å²) in [7, 11) is 0. The smallest absolute Gasteiger partial charge is 0.254 e. The van der Waals surface area contributed by atoms with Crippen LogP contribution in [0.5, 0.6) is 0 Å². The number of nitrogens with zero attached hydrogens (tertiary/aromatic N) is 2. The number of carbonyl (C=O) groups is 1. The molecule has 0 spiro atoms. The van der Waals surface area contributed by atoms with Crippen molar-refractivity contribution >= 4 is 18.3 Å². The molecule has 1 aromatic carbocycles. The van der Waals surface area contributed by atoms with Gasteiger partial charge in [0.25, 0.3) is 5.91 Å². The molecule has 25 heavy (non-hydrogen) atoms. The largest absolute Gasteiger partial charge is 0.351 e. The van der Waals surface area contributed by atoms with E-state index in [1.807, 2.05) is 22.9 Å². The monoisotopic (exact) mass is 364 g/mol. The fraction of sp³-hybridized carbons (Fsp3) is 0.474. The molecule has 1 amide bonds. The zero-order valence-electron chi connectivity index (χ0n) is 15.1. The summed E-state index contributed by atoms with van der Waals surface area (Å²) in [5.41, 5.74) is 2.90. The van der Waals surface area contributed by atoms with Gasteiger partial charge in [-0.3, -0.25) is 9.48 Å². The van der Waals surface area contributed by atoms with Crippen molar-refractivity contribution in [3.8, 4) is 0 Å². The van der Waals surface area contributed by atoms with E-state index in [0.29, 0.717) is 18.7 Å². The van der Waals surface area contributed by atoms with Crippen LogP contribution in [0.15, 0.2) is 36.5 Å². The van der Waals surface area contributed by atoms with Gasteiger partial charge in [0.2, 0.25) is 0 Å². The Morgan fingerprint density at radius 2 is 1.84 bits per heavy atom. The normalized spacial score (nSPS) is 10.3. The highest BCUT2D eigenvalue weighted by Gasteiger charge is 2.16. The number of hydrogen-bond donors (Lipinski definition) is 2. The van der Waals surface area contributed by atoms with E-state index in [0.717, 1.165) is 38.0 Å². The zero-order valence-corrected chi connectivity index (χ0v) is 15.9. The number of carbonyl (C=O) groups excluding carboxylic acids is 1. The summed E-state index contributed by atoms with van der Waals surface area (Å²) < 4.78 is 1.95. The maximum atomic E-state index is 12.4. The van der Waals surface area contributed by atoms with Gasteiger partial charge in [0.1, 0.15) is 0 Å². The van der Waals surface area contributed by atoms with Crippen molar-refractivity contribution in [1.82, 2.24) is 20.4 Å². The molecule has 0 fully saturated rings. The van der Waals surface area contributed by atoms with Crippen LogP contribution < -0.4 is 10.6 Å². The summed E-state index contributed by atoms with van der Waals surface area (Å²) in [6, 6.07) is 10.2. The summed E-state index contributed by atoms with van der Waals surface area (Å²) in [5.74, 6) is -0.0314. The third-order valence-corrected chi connectivity index (χ3v) is 3.87. The fourth-order valence-electron chi connectivity index (χ4n) is 2.65. The van der Waals surface area contributed by atoms with Crippen molar-refractivity contribution < 1.29 is 4.79 Å². The number of halogens is 1. The quantitative estimate of drug-likeness (QED) is 0.637. The van der Waals surface area contributed by atoms with Gasteiger partial charge in [0.15, 0.2) is 0 Å². The highest BCUT2D eigenvalue weighted by molar-refractivity contribution is 5.95. The van der Waals surface area contributed by atoms with Crippen LogP contribution in [0.1, 0.15) is 48.3 Å². The van der Waals surface area contributed by atoms with Crippen LogP contribution in [-0.2, 0) is 13.0 Å². The number of amides is 1. The van der Waals surface area contributed by atoms with E-state index in [9.17, 15) is 4.79 Å². The second kappa shape index (κ2) is 11.7. The lowest BCUT2D eigenvalue weighted by Crippen LogP contribution is -2.32. The van der Waals surface area contributed by atoms with Gasteiger partial charge in [-0.25, -0.2) is 0 Å². The molecule has 2 aromatic rings. The summed E-state index contributed by atoms with van der Waals surface area (Å²) >= 11 is 0. The van der Waals surface area contributed by atoms with E-state index < -0.39 is 0 Å². The van der Waals surface area contributed by atoms with Gasteiger partial charge in [-0.1, -0.05) is 50.6 Å². The number of rotatable bonds is 10. The minimum Gasteiger partial charge on any atom is -0.351 e. The van der Waals surface area contributed by atoms with Gasteiger partial charge in [0.05, 0.1) is 24.0 Å². The predicted molar refractivity (Wildman–Crippen MR) is 105 cm³/mol. The van der Waals surface area contributed by atoms with Crippen LogP contribution in [0, 0.1) is 0 Å². The lowest BCUT2D eigenvalue weighted by molar-refractivity contribution is 0.0953. The van der Waals surface area contributed by atoms with Crippen LogP contribution in [0.2, 0.25) is 0 Å². The maximum Gasteiger partial charge on any atom is 0.254 e. The second-order valence-corrected chi connectivity index (χ2v) is 5.90. The lowest BCUT2D eigenvalue weighted by Gasteiger charge is -2.10. The summed E-state index contributed by atoms with van der Waals surface area (Å²) in [4.78, 5) is 12.4.